The van der Waals surface area contributed by atoms with E-state index in [1.807, 2.05) is 97.1 Å². The third kappa shape index (κ3) is 9.80. The molecule has 7 heteroatoms. The number of rotatable bonds is 16. The summed E-state index contributed by atoms with van der Waals surface area (Å²) in [4.78, 5) is 1.08. The fourth-order valence-electron chi connectivity index (χ4n) is 5.62. The van der Waals surface area contributed by atoms with E-state index in [1.165, 1.54) is 0 Å². The van der Waals surface area contributed by atoms with Gasteiger partial charge in [0.05, 0.1) is 40.1 Å². The highest BCUT2D eigenvalue weighted by Gasteiger charge is 2.49. The van der Waals surface area contributed by atoms with Crippen LogP contribution in [0.2, 0.25) is 0 Å². The van der Waals surface area contributed by atoms with Gasteiger partial charge in [-0.3, -0.25) is 0 Å². The Hall–Kier alpha value is -3.95. The van der Waals surface area contributed by atoms with Crippen molar-refractivity contribution in [2.45, 2.75) is 61.2 Å². The Bertz CT molecular complexity index is 1610. The molecule has 6 nitrogen and oxygen atoms in total. The van der Waals surface area contributed by atoms with Crippen molar-refractivity contribution in [3.63, 3.8) is 0 Å². The molecule has 0 aromatic heterocycles. The normalized spacial score (nSPS) is 20.7. The Labute approximate surface area is 287 Å². The van der Waals surface area contributed by atoms with Gasteiger partial charge in [-0.05, 0) is 46.5 Å². The second-order valence-electron chi connectivity index (χ2n) is 11.6. The van der Waals surface area contributed by atoms with Crippen LogP contribution < -0.4 is 4.74 Å². The van der Waals surface area contributed by atoms with Crippen molar-refractivity contribution in [2.75, 3.05) is 13.7 Å². The smallest absolute Gasteiger partial charge is 0.137 e. The Balaban J connectivity index is 1.31. The number of ether oxygens (including phenoxy) is 6. The topological polar surface area (TPSA) is 55.4 Å². The number of hydrogen-bond donors (Lipinski definition) is 0. The summed E-state index contributed by atoms with van der Waals surface area (Å²) < 4.78 is 39.1. The molecule has 1 fully saturated rings. The Morgan fingerprint density at radius 1 is 0.500 bits per heavy atom. The van der Waals surface area contributed by atoms with Gasteiger partial charge in [-0.15, -0.1) is 0 Å². The number of thioether (sulfide) groups is 1. The highest BCUT2D eigenvalue weighted by Crippen LogP contribution is 2.38. The molecular weight excluding hydrogens is 621 g/mol. The number of hydrogen-bond acceptors (Lipinski definition) is 7. The second kappa shape index (κ2) is 18.0. The monoisotopic (exact) mass is 662 g/mol. The van der Waals surface area contributed by atoms with Gasteiger partial charge < -0.3 is 28.4 Å². The van der Waals surface area contributed by atoms with Gasteiger partial charge in [-0.25, -0.2) is 0 Å². The lowest BCUT2D eigenvalue weighted by atomic mass is 9.98. The molecule has 5 aromatic carbocycles. The average molecular weight is 663 g/mol. The van der Waals surface area contributed by atoms with E-state index < -0.39 is 24.4 Å². The van der Waals surface area contributed by atoms with Gasteiger partial charge in [0, 0.05) is 4.90 Å². The fourth-order valence-corrected chi connectivity index (χ4v) is 6.77. The molecule has 0 N–H and O–H groups in total. The van der Waals surface area contributed by atoms with Crippen LogP contribution in [0.3, 0.4) is 0 Å². The predicted molar refractivity (Wildman–Crippen MR) is 189 cm³/mol. The maximum absolute atomic E-state index is 6.93. The van der Waals surface area contributed by atoms with Crippen LogP contribution >= 0.6 is 11.8 Å². The van der Waals surface area contributed by atoms with Gasteiger partial charge in [0.15, 0.2) is 0 Å². The van der Waals surface area contributed by atoms with Crippen molar-refractivity contribution < 1.29 is 28.4 Å². The molecule has 0 saturated carbocycles. The predicted octanol–water partition coefficient (Wildman–Crippen LogP) is 8.49. The minimum Gasteiger partial charge on any atom is -0.497 e. The van der Waals surface area contributed by atoms with Crippen molar-refractivity contribution >= 4 is 11.8 Å². The summed E-state index contributed by atoms with van der Waals surface area (Å²) in [6, 6.07) is 48.8. The molecule has 5 unspecified atom stereocenters. The Morgan fingerprint density at radius 2 is 0.958 bits per heavy atom. The number of methoxy groups -OCH3 is 1. The highest BCUT2D eigenvalue weighted by molar-refractivity contribution is 7.99. The minimum atomic E-state index is -0.479. The van der Waals surface area contributed by atoms with Crippen LogP contribution in [0.25, 0.3) is 0 Å². The zero-order chi connectivity index (χ0) is 32.8. The Kier molecular flexibility index (Phi) is 12.7. The standard InChI is InChI=1S/C41H42O6S/c1-42-35-24-22-34(23-25-35)29-45-39-38(44-27-32-16-8-3-9-17-32)37(30-43-26-31-14-6-2-7-15-31)47-41(48-36-20-12-5-13-21-36)40(39)46-28-33-18-10-4-11-19-33/h2-25,37-41H,26-30H2,1H3. The van der Waals surface area contributed by atoms with Gasteiger partial charge >= 0.3 is 0 Å². The molecule has 48 heavy (non-hydrogen) atoms. The molecule has 1 heterocycles. The van der Waals surface area contributed by atoms with Crippen LogP contribution in [0.1, 0.15) is 22.3 Å². The molecule has 0 aliphatic carbocycles. The summed E-state index contributed by atoms with van der Waals surface area (Å²) in [7, 11) is 1.67. The lowest BCUT2D eigenvalue weighted by Gasteiger charge is -2.46. The summed E-state index contributed by atoms with van der Waals surface area (Å²) in [6.07, 6.45) is -1.83. The van der Waals surface area contributed by atoms with Gasteiger partial charge in [-0.2, -0.15) is 0 Å². The van der Waals surface area contributed by atoms with E-state index in [2.05, 4.69) is 48.5 Å². The van der Waals surface area contributed by atoms with Crippen LogP contribution in [0, 0.1) is 0 Å². The molecule has 0 bridgehead atoms. The van der Waals surface area contributed by atoms with Crippen LogP contribution in [-0.2, 0) is 50.1 Å². The van der Waals surface area contributed by atoms with E-state index in [9.17, 15) is 0 Å². The first-order chi connectivity index (χ1) is 23.7. The van der Waals surface area contributed by atoms with Crippen LogP contribution in [0.4, 0.5) is 0 Å². The molecule has 248 valence electrons. The summed E-state index contributed by atoms with van der Waals surface area (Å²) in [5, 5.41) is 0. The largest absolute Gasteiger partial charge is 0.497 e. The van der Waals surface area contributed by atoms with Gasteiger partial charge in [0.2, 0.25) is 0 Å². The first kappa shape index (κ1) is 33.9. The third-order valence-corrected chi connectivity index (χ3v) is 9.31. The van der Waals surface area contributed by atoms with E-state index in [-0.39, 0.29) is 5.44 Å². The van der Waals surface area contributed by atoms with Crippen molar-refractivity contribution in [1.82, 2.24) is 0 Å². The first-order valence-corrected chi connectivity index (χ1v) is 17.2. The van der Waals surface area contributed by atoms with E-state index in [0.29, 0.717) is 33.0 Å². The van der Waals surface area contributed by atoms with Crippen molar-refractivity contribution in [3.05, 3.63) is 168 Å². The fraction of sp³-hybridized carbons (Fsp3) is 0.268. The van der Waals surface area contributed by atoms with E-state index in [1.54, 1.807) is 18.9 Å². The summed E-state index contributed by atoms with van der Waals surface area (Å²) in [6.45, 7) is 1.96. The van der Waals surface area contributed by atoms with E-state index in [0.717, 1.165) is 32.9 Å². The molecule has 0 radical (unpaired) electrons. The van der Waals surface area contributed by atoms with E-state index in [4.69, 9.17) is 28.4 Å². The van der Waals surface area contributed by atoms with Crippen molar-refractivity contribution in [1.29, 1.82) is 0 Å². The summed E-state index contributed by atoms with van der Waals surface area (Å²) >= 11 is 1.63. The second-order valence-corrected chi connectivity index (χ2v) is 12.8. The lowest BCUT2D eigenvalue weighted by molar-refractivity contribution is -0.254. The Morgan fingerprint density at radius 3 is 1.50 bits per heavy atom. The third-order valence-electron chi connectivity index (χ3n) is 8.15. The van der Waals surface area contributed by atoms with E-state index >= 15 is 0 Å². The lowest BCUT2D eigenvalue weighted by Crippen LogP contribution is -2.60. The maximum atomic E-state index is 6.93. The molecule has 0 spiro atoms. The van der Waals surface area contributed by atoms with Gasteiger partial charge in [0.25, 0.3) is 0 Å². The molecule has 5 aromatic rings. The first-order valence-electron chi connectivity index (χ1n) is 16.3. The molecule has 1 saturated heterocycles. The van der Waals surface area contributed by atoms with Crippen molar-refractivity contribution in [2.24, 2.45) is 0 Å². The number of benzene rings is 5. The SMILES string of the molecule is COc1ccc(COC2C(OCc3ccccc3)C(COCc3ccccc3)OC(Sc3ccccc3)C2OCc2ccccc2)cc1. The maximum Gasteiger partial charge on any atom is 0.137 e. The van der Waals surface area contributed by atoms with Gasteiger partial charge in [-0.1, -0.05) is 133 Å². The molecule has 6 rings (SSSR count). The highest BCUT2D eigenvalue weighted by atomic mass is 32.2. The average Bonchev–Trinajstić information content (AvgIpc) is 3.15. The quantitative estimate of drug-likeness (QED) is 0.105. The molecule has 0 amide bonds. The van der Waals surface area contributed by atoms with Crippen LogP contribution in [0.15, 0.2) is 150 Å². The van der Waals surface area contributed by atoms with Gasteiger partial charge in [0.1, 0.15) is 35.6 Å². The zero-order valence-corrected chi connectivity index (χ0v) is 28.0. The summed E-state index contributed by atoms with van der Waals surface area (Å²) in [5.41, 5.74) is 3.87. The summed E-state index contributed by atoms with van der Waals surface area (Å²) in [5.74, 6) is 0.799. The molecular formula is C41H42O6S. The zero-order valence-electron chi connectivity index (χ0n) is 27.1. The minimum absolute atomic E-state index is 0.327. The van der Waals surface area contributed by atoms with Crippen LogP contribution in [-0.4, -0.2) is 43.6 Å². The molecule has 1 aliphatic rings. The van der Waals surface area contributed by atoms with Crippen molar-refractivity contribution in [3.8, 4) is 5.75 Å². The van der Waals surface area contributed by atoms with Crippen LogP contribution in [0.5, 0.6) is 5.75 Å². The molecule has 5 atom stereocenters. The molecule has 1 aliphatic heterocycles.